The van der Waals surface area contributed by atoms with Crippen LogP contribution in [0.3, 0.4) is 0 Å². The molecule has 302 valence electrons. The number of pyridine rings is 1. The number of hydrogen-bond acceptors (Lipinski definition) is 4. The van der Waals surface area contributed by atoms with Crippen molar-refractivity contribution in [1.82, 2.24) is 14.1 Å². The monoisotopic (exact) mass is 970 g/mol. The number of anilines is 6. The molecule has 0 atom stereocenters. The fourth-order valence-corrected chi connectivity index (χ4v) is 9.04. The van der Waals surface area contributed by atoms with Gasteiger partial charge in [-0.2, -0.15) is 6.07 Å². The molecule has 3 aromatic heterocycles. The van der Waals surface area contributed by atoms with Gasteiger partial charge in [-0.05, 0) is 63.9 Å². The van der Waals surface area contributed by atoms with Crippen LogP contribution in [0.2, 0.25) is 0 Å². The molecule has 0 radical (unpaired) electrons. The molecule has 0 saturated carbocycles. The zero-order valence-corrected chi connectivity index (χ0v) is 36.9. The summed E-state index contributed by atoms with van der Waals surface area (Å²) in [7, 11) is 4.27. The first kappa shape index (κ1) is 38.6. The third-order valence-electron chi connectivity index (χ3n) is 12.1. The van der Waals surface area contributed by atoms with Crippen LogP contribution in [-0.4, -0.2) is 21.2 Å². The van der Waals surface area contributed by atoms with Crippen LogP contribution in [0.25, 0.3) is 60.9 Å². The predicted molar refractivity (Wildman–Crippen MR) is 249 cm³/mol. The van der Waals surface area contributed by atoms with E-state index in [1.807, 2.05) is 6.20 Å². The molecule has 0 N–H and O–H groups in total. The van der Waals surface area contributed by atoms with Gasteiger partial charge in [0.2, 0.25) is 0 Å². The Morgan fingerprint density at radius 1 is 0.590 bits per heavy atom. The van der Waals surface area contributed by atoms with Crippen molar-refractivity contribution in [1.29, 1.82) is 0 Å². The molecule has 7 heteroatoms. The van der Waals surface area contributed by atoms with Gasteiger partial charge >= 0.3 is 0 Å². The van der Waals surface area contributed by atoms with E-state index in [4.69, 9.17) is 4.98 Å². The first-order valence-corrected chi connectivity index (χ1v) is 20.5. The Labute approximate surface area is 371 Å². The average Bonchev–Trinajstić information content (AvgIpc) is 3.94. The topological polar surface area (TPSA) is 32.5 Å². The van der Waals surface area contributed by atoms with Crippen LogP contribution in [-0.2, 0) is 33.5 Å². The van der Waals surface area contributed by atoms with E-state index in [1.54, 1.807) is 0 Å². The van der Waals surface area contributed by atoms with E-state index in [1.165, 1.54) is 33.0 Å². The van der Waals surface area contributed by atoms with Gasteiger partial charge in [0.1, 0.15) is 5.82 Å². The Bertz CT molecular complexity index is 3160. The molecule has 0 fully saturated rings. The molecule has 4 heterocycles. The molecule has 0 aliphatic carbocycles. The summed E-state index contributed by atoms with van der Waals surface area (Å²) in [5, 5.41) is 2.44. The molecule has 0 bridgehead atoms. The summed E-state index contributed by atoms with van der Waals surface area (Å²) in [5.74, 6) is 0.900. The largest absolute Gasteiger partial charge is 0.493 e. The average molecular weight is 971 g/mol. The predicted octanol–water partition coefficient (Wildman–Crippen LogP) is 13.5. The maximum Gasteiger partial charge on any atom is 0.135 e. The number of aromatic nitrogens is 3. The molecule has 1 aliphatic rings. The van der Waals surface area contributed by atoms with Gasteiger partial charge in [-0.15, -0.1) is 42.7 Å². The molecule has 61 heavy (non-hydrogen) atoms. The van der Waals surface area contributed by atoms with Gasteiger partial charge in [-0.3, -0.25) is 0 Å². The maximum absolute atomic E-state index is 4.94. The summed E-state index contributed by atoms with van der Waals surface area (Å²) in [6.07, 6.45) is 1.93. The minimum absolute atomic E-state index is 0. The standard InChI is InChI=1S/C54H43N6.Pt/c1-54(2,3)38-29-30-55-50(31-38)60-47-28-16-27-46-51(47)52-48(57(46)5)33-41(34-49(52)60)56(4)39-21-14-22-40(32-39)58-35-59(45-26-13-12-25-44(45)58)53-42(36-17-8-6-9-18-36)23-15-24-43(53)37-19-10-7-11-20-37;/h6-31,33,35H,1-5H3;/q-3;. The number of fused-ring (bicyclic) bond motifs is 1. The Morgan fingerprint density at radius 3 is 1.90 bits per heavy atom. The van der Waals surface area contributed by atoms with Crippen molar-refractivity contribution in [2.45, 2.75) is 26.2 Å². The molecule has 0 unspecified atom stereocenters. The SMILES string of the molecule is CN(c1[c-]c(N2[CH-]N(c3c(-c4ccccc4)cccc3-c3ccccc3)c3ccccc32)ccc1)c1[c-]c2c3c4c(cccc4n2-c2cc(C(C)(C)C)ccn2)n(C)c3c1.[Pt]. The second-order valence-electron chi connectivity index (χ2n) is 16.7. The number of hydrogen-bond donors (Lipinski definition) is 0. The van der Waals surface area contributed by atoms with Crippen LogP contribution in [0.15, 0.2) is 164 Å². The number of rotatable bonds is 7. The van der Waals surface area contributed by atoms with Crippen molar-refractivity contribution in [2.24, 2.45) is 7.05 Å². The van der Waals surface area contributed by atoms with Gasteiger partial charge in [-0.1, -0.05) is 146 Å². The van der Waals surface area contributed by atoms with E-state index >= 15 is 0 Å². The minimum atomic E-state index is -0.0141. The van der Waals surface area contributed by atoms with Crippen LogP contribution < -0.4 is 14.7 Å². The molecular weight excluding hydrogens is 928 g/mol. The third-order valence-corrected chi connectivity index (χ3v) is 12.1. The van der Waals surface area contributed by atoms with Crippen molar-refractivity contribution in [2.75, 3.05) is 21.7 Å². The molecular formula is C54H43N6Pt-3. The molecule has 0 amide bonds. The zero-order valence-electron chi connectivity index (χ0n) is 34.7. The normalized spacial score (nSPS) is 12.7. The summed E-state index contributed by atoms with van der Waals surface area (Å²) in [4.78, 5) is 11.7. The molecule has 1 aliphatic heterocycles. The van der Waals surface area contributed by atoms with E-state index < -0.39 is 0 Å². The summed E-state index contributed by atoms with van der Waals surface area (Å²) in [6, 6.07) is 63.9. The smallest absolute Gasteiger partial charge is 0.135 e. The Balaban J connectivity index is 0.00000445. The summed E-state index contributed by atoms with van der Waals surface area (Å²) >= 11 is 0. The summed E-state index contributed by atoms with van der Waals surface area (Å²) < 4.78 is 4.60. The van der Waals surface area contributed by atoms with Crippen molar-refractivity contribution >= 4 is 67.0 Å². The second-order valence-corrected chi connectivity index (χ2v) is 16.7. The number of aryl methyl sites for hydroxylation is 1. The van der Waals surface area contributed by atoms with Gasteiger partial charge in [-0.25, -0.2) is 4.98 Å². The number of benzene rings is 7. The van der Waals surface area contributed by atoms with E-state index in [9.17, 15) is 0 Å². The molecule has 10 aromatic rings. The maximum atomic E-state index is 4.94. The summed E-state index contributed by atoms with van der Waals surface area (Å²) in [5.41, 5.74) is 16.5. The van der Waals surface area contributed by atoms with E-state index in [0.717, 1.165) is 67.6 Å². The number of para-hydroxylation sites is 3. The van der Waals surface area contributed by atoms with Crippen LogP contribution in [0.5, 0.6) is 0 Å². The van der Waals surface area contributed by atoms with Crippen LogP contribution in [0.4, 0.5) is 34.1 Å². The van der Waals surface area contributed by atoms with Crippen LogP contribution in [0.1, 0.15) is 26.3 Å². The van der Waals surface area contributed by atoms with Gasteiger partial charge in [0.05, 0.1) is 0 Å². The van der Waals surface area contributed by atoms with Gasteiger partial charge in [0.15, 0.2) is 0 Å². The Hall–Kier alpha value is -6.62. The molecule has 11 rings (SSSR count). The van der Waals surface area contributed by atoms with Crippen molar-refractivity contribution in [3.63, 3.8) is 0 Å². The molecule has 7 aromatic carbocycles. The molecule has 0 saturated heterocycles. The fourth-order valence-electron chi connectivity index (χ4n) is 9.04. The van der Waals surface area contributed by atoms with E-state index in [0.29, 0.717) is 0 Å². The fraction of sp³-hybridized carbons (Fsp3) is 0.111. The van der Waals surface area contributed by atoms with Gasteiger partial charge in [0.25, 0.3) is 0 Å². The van der Waals surface area contributed by atoms with Gasteiger partial charge in [0, 0.05) is 80.6 Å². The zero-order chi connectivity index (χ0) is 40.7. The van der Waals surface area contributed by atoms with Crippen LogP contribution in [0, 0.1) is 18.8 Å². The second kappa shape index (κ2) is 14.8. The quantitative estimate of drug-likeness (QED) is 0.149. The van der Waals surface area contributed by atoms with Crippen molar-refractivity contribution in [3.8, 4) is 28.1 Å². The molecule has 6 nitrogen and oxygen atoms in total. The first-order chi connectivity index (χ1) is 29.2. The van der Waals surface area contributed by atoms with Crippen LogP contribution >= 0.6 is 0 Å². The van der Waals surface area contributed by atoms with Crippen molar-refractivity contribution < 1.29 is 21.1 Å². The third kappa shape index (κ3) is 6.23. The van der Waals surface area contributed by atoms with Gasteiger partial charge < -0.3 is 23.8 Å². The first-order valence-electron chi connectivity index (χ1n) is 20.5. The van der Waals surface area contributed by atoms with Crippen molar-refractivity contribution in [3.05, 3.63) is 188 Å². The van der Waals surface area contributed by atoms with E-state index in [2.05, 4.69) is 235 Å². The van der Waals surface area contributed by atoms with E-state index in [-0.39, 0.29) is 26.5 Å². The minimum Gasteiger partial charge on any atom is -0.493 e. The molecule has 0 spiro atoms. The Morgan fingerprint density at radius 2 is 1.21 bits per heavy atom. The number of nitrogens with zero attached hydrogens (tertiary/aromatic N) is 6. The Kier molecular flexibility index (Phi) is 9.38. The summed E-state index contributed by atoms with van der Waals surface area (Å²) in [6.45, 7) is 8.96.